The molecule has 0 aliphatic carbocycles. The van der Waals surface area contributed by atoms with Gasteiger partial charge in [0.25, 0.3) is 5.56 Å². The maximum absolute atomic E-state index is 13.9. The number of H-pyrrole nitrogens is 2. The van der Waals surface area contributed by atoms with E-state index in [0.717, 1.165) is 5.56 Å². The fraction of sp³-hybridized carbons (Fsp3) is 0.194. The molecular formula is C31H29N3O7. The quantitative estimate of drug-likeness (QED) is 0.229. The second-order valence-corrected chi connectivity index (χ2v) is 9.60. The van der Waals surface area contributed by atoms with Crippen molar-refractivity contribution >= 4 is 5.97 Å². The van der Waals surface area contributed by atoms with Gasteiger partial charge in [-0.3, -0.25) is 9.89 Å². The minimum atomic E-state index is -1.11. The summed E-state index contributed by atoms with van der Waals surface area (Å²) in [6.07, 6.45) is 0.711. The Labute approximate surface area is 234 Å². The van der Waals surface area contributed by atoms with Crippen LogP contribution in [0.4, 0.5) is 0 Å². The van der Waals surface area contributed by atoms with Crippen LogP contribution in [-0.4, -0.2) is 39.7 Å². The standard InChI is InChI=1S/C31H29N3O7/c1-18-26(29(35)34(32-18)23-11-7-10-22(16-23)30(36)37)28(27-19(2)33-41-31(27)38)21-12-13-24(25(17-21)39-3)40-15-14-20-8-5-4-6-9-20/h4-13,16-17,28,32-33H,14-15H2,1-3H3,(H,36,37). The molecule has 210 valence electrons. The van der Waals surface area contributed by atoms with E-state index in [4.69, 9.17) is 14.0 Å². The Morgan fingerprint density at radius 1 is 0.951 bits per heavy atom. The van der Waals surface area contributed by atoms with E-state index < -0.39 is 23.1 Å². The van der Waals surface area contributed by atoms with E-state index in [-0.39, 0.29) is 11.1 Å². The summed E-state index contributed by atoms with van der Waals surface area (Å²) in [4.78, 5) is 38.3. The van der Waals surface area contributed by atoms with Crippen molar-refractivity contribution in [1.29, 1.82) is 0 Å². The summed E-state index contributed by atoms with van der Waals surface area (Å²) < 4.78 is 18.0. The number of carbonyl (C=O) groups is 1. The van der Waals surface area contributed by atoms with Gasteiger partial charge in [-0.25, -0.2) is 19.4 Å². The van der Waals surface area contributed by atoms with Crippen LogP contribution in [0.5, 0.6) is 11.5 Å². The Morgan fingerprint density at radius 3 is 2.41 bits per heavy atom. The van der Waals surface area contributed by atoms with Gasteiger partial charge in [0.15, 0.2) is 11.5 Å². The number of rotatable bonds is 10. The number of hydrogen-bond donors (Lipinski definition) is 3. The van der Waals surface area contributed by atoms with E-state index in [0.29, 0.717) is 52.7 Å². The monoisotopic (exact) mass is 555 g/mol. The summed E-state index contributed by atoms with van der Waals surface area (Å²) in [5, 5.41) is 15.1. The van der Waals surface area contributed by atoms with Crippen molar-refractivity contribution in [3.63, 3.8) is 0 Å². The first-order valence-corrected chi connectivity index (χ1v) is 13.0. The van der Waals surface area contributed by atoms with Crippen molar-refractivity contribution in [3.05, 3.63) is 133 Å². The second kappa shape index (κ2) is 11.5. The maximum Gasteiger partial charge on any atom is 0.361 e. The Morgan fingerprint density at radius 2 is 1.73 bits per heavy atom. The molecule has 5 rings (SSSR count). The summed E-state index contributed by atoms with van der Waals surface area (Å²) in [6.45, 7) is 3.85. The fourth-order valence-corrected chi connectivity index (χ4v) is 4.96. The molecule has 10 heteroatoms. The number of methoxy groups -OCH3 is 1. The Balaban J connectivity index is 1.57. The first-order valence-electron chi connectivity index (χ1n) is 13.0. The van der Waals surface area contributed by atoms with Gasteiger partial charge in [0.05, 0.1) is 47.7 Å². The predicted molar refractivity (Wildman–Crippen MR) is 152 cm³/mol. The van der Waals surface area contributed by atoms with Crippen molar-refractivity contribution in [2.75, 3.05) is 13.7 Å². The number of aryl methyl sites for hydroxylation is 2. The number of hydrogen-bond acceptors (Lipinski definition) is 6. The van der Waals surface area contributed by atoms with Crippen molar-refractivity contribution in [1.82, 2.24) is 14.9 Å². The van der Waals surface area contributed by atoms with Crippen LogP contribution in [0.25, 0.3) is 5.69 Å². The summed E-state index contributed by atoms with van der Waals surface area (Å²) in [5.74, 6) is -0.962. The average molecular weight is 556 g/mol. The molecule has 3 N–H and O–H groups in total. The highest BCUT2D eigenvalue weighted by atomic mass is 16.5. The number of aromatic nitrogens is 3. The summed E-state index contributed by atoms with van der Waals surface area (Å²) in [6, 6.07) is 21.3. The lowest BCUT2D eigenvalue weighted by atomic mass is 9.85. The number of carboxylic acid groups (broad SMARTS) is 1. The van der Waals surface area contributed by atoms with Gasteiger partial charge in [0.2, 0.25) is 0 Å². The zero-order chi connectivity index (χ0) is 29.1. The summed E-state index contributed by atoms with van der Waals surface area (Å²) in [7, 11) is 1.53. The summed E-state index contributed by atoms with van der Waals surface area (Å²) >= 11 is 0. The molecule has 0 amide bonds. The normalized spacial score (nSPS) is 11.8. The third-order valence-corrected chi connectivity index (χ3v) is 6.98. The van der Waals surface area contributed by atoms with Gasteiger partial charge in [-0.05, 0) is 55.3 Å². The minimum Gasteiger partial charge on any atom is -0.493 e. The molecule has 0 radical (unpaired) electrons. The van der Waals surface area contributed by atoms with Crippen molar-refractivity contribution < 1.29 is 23.9 Å². The van der Waals surface area contributed by atoms with Crippen LogP contribution in [0.3, 0.4) is 0 Å². The van der Waals surface area contributed by atoms with E-state index in [1.807, 2.05) is 30.3 Å². The molecule has 1 unspecified atom stereocenters. The van der Waals surface area contributed by atoms with E-state index >= 15 is 0 Å². The smallest absolute Gasteiger partial charge is 0.361 e. The molecule has 10 nitrogen and oxygen atoms in total. The molecule has 3 aromatic carbocycles. The Bertz CT molecular complexity index is 1810. The van der Waals surface area contributed by atoms with Crippen molar-refractivity contribution in [2.45, 2.75) is 26.2 Å². The van der Waals surface area contributed by atoms with Crippen molar-refractivity contribution in [3.8, 4) is 17.2 Å². The van der Waals surface area contributed by atoms with Gasteiger partial charge in [-0.1, -0.05) is 42.5 Å². The molecule has 2 aromatic heterocycles. The molecule has 0 saturated carbocycles. The molecule has 1 atom stereocenters. The predicted octanol–water partition coefficient (Wildman–Crippen LogP) is 4.57. The minimum absolute atomic E-state index is 0.0365. The van der Waals surface area contributed by atoms with Crippen LogP contribution < -0.4 is 20.7 Å². The van der Waals surface area contributed by atoms with Gasteiger partial charge in [-0.2, -0.15) is 0 Å². The molecule has 5 aromatic rings. The first kappa shape index (κ1) is 27.3. The van der Waals surface area contributed by atoms with Gasteiger partial charge >= 0.3 is 11.6 Å². The zero-order valence-corrected chi connectivity index (χ0v) is 22.8. The Kier molecular flexibility index (Phi) is 7.64. The summed E-state index contributed by atoms with van der Waals surface area (Å²) in [5.41, 5.74) is 2.66. The lowest BCUT2D eigenvalue weighted by Gasteiger charge is -2.18. The van der Waals surface area contributed by atoms with Crippen LogP contribution in [-0.2, 0) is 6.42 Å². The lowest BCUT2D eigenvalue weighted by Crippen LogP contribution is -2.23. The third kappa shape index (κ3) is 5.44. The molecular weight excluding hydrogens is 526 g/mol. The van der Waals surface area contributed by atoms with E-state index in [1.54, 1.807) is 44.2 Å². The van der Waals surface area contributed by atoms with Crippen LogP contribution in [0.1, 0.15) is 49.9 Å². The highest BCUT2D eigenvalue weighted by molar-refractivity contribution is 5.88. The molecule has 2 heterocycles. The topological polar surface area (TPSA) is 140 Å². The number of aromatic carboxylic acids is 1. The lowest BCUT2D eigenvalue weighted by molar-refractivity contribution is 0.0697. The highest BCUT2D eigenvalue weighted by Crippen LogP contribution is 2.37. The van der Waals surface area contributed by atoms with E-state index in [9.17, 15) is 19.5 Å². The number of aromatic amines is 2. The van der Waals surface area contributed by atoms with E-state index in [2.05, 4.69) is 10.3 Å². The second-order valence-electron chi connectivity index (χ2n) is 9.60. The first-order chi connectivity index (χ1) is 19.8. The number of benzene rings is 3. The maximum atomic E-state index is 13.9. The number of nitrogens with zero attached hydrogens (tertiary/aromatic N) is 1. The molecule has 0 spiro atoms. The van der Waals surface area contributed by atoms with Gasteiger partial charge < -0.3 is 19.1 Å². The number of ether oxygens (including phenoxy) is 2. The van der Waals surface area contributed by atoms with Crippen LogP contribution in [0.15, 0.2) is 86.9 Å². The molecule has 0 bridgehead atoms. The molecule has 0 aliphatic rings. The van der Waals surface area contributed by atoms with Crippen LogP contribution >= 0.6 is 0 Å². The third-order valence-electron chi connectivity index (χ3n) is 6.98. The molecule has 0 aliphatic heterocycles. The van der Waals surface area contributed by atoms with Gasteiger partial charge in [-0.15, -0.1) is 0 Å². The zero-order valence-electron chi connectivity index (χ0n) is 22.8. The Hall–Kier alpha value is -5.25. The number of carboxylic acids is 1. The fourth-order valence-electron chi connectivity index (χ4n) is 4.96. The SMILES string of the molecule is COc1cc(C(c2c(C)[nH]oc2=O)c2c(C)[nH]n(-c3cccc(C(=O)O)c3)c2=O)ccc1OCCc1ccccc1. The molecule has 41 heavy (non-hydrogen) atoms. The van der Waals surface area contributed by atoms with Gasteiger partial charge in [0.1, 0.15) is 0 Å². The average Bonchev–Trinajstić information content (AvgIpc) is 3.47. The van der Waals surface area contributed by atoms with Crippen molar-refractivity contribution in [2.24, 2.45) is 0 Å². The van der Waals surface area contributed by atoms with Crippen LogP contribution in [0.2, 0.25) is 0 Å². The highest BCUT2D eigenvalue weighted by Gasteiger charge is 2.31. The van der Waals surface area contributed by atoms with Gasteiger partial charge in [0, 0.05) is 12.1 Å². The number of nitrogens with one attached hydrogen (secondary N) is 2. The molecule has 0 fully saturated rings. The van der Waals surface area contributed by atoms with Crippen LogP contribution in [0, 0.1) is 13.8 Å². The largest absolute Gasteiger partial charge is 0.493 e. The van der Waals surface area contributed by atoms with E-state index in [1.165, 1.54) is 23.9 Å². The molecule has 0 saturated heterocycles.